The van der Waals surface area contributed by atoms with Crippen molar-refractivity contribution in [1.29, 1.82) is 0 Å². The van der Waals surface area contributed by atoms with E-state index in [9.17, 15) is 9.90 Å². The first-order valence-electron chi connectivity index (χ1n) is 7.60. The highest BCUT2D eigenvalue weighted by Gasteiger charge is 2.51. The van der Waals surface area contributed by atoms with Gasteiger partial charge < -0.3 is 19.9 Å². The number of methoxy groups -OCH3 is 2. The number of nitrogens with one attached hydrogen (secondary N) is 1. The summed E-state index contributed by atoms with van der Waals surface area (Å²) in [6, 6.07) is 0.0812. The third kappa shape index (κ3) is 2.71. The van der Waals surface area contributed by atoms with Gasteiger partial charge in [-0.3, -0.25) is 4.79 Å². The van der Waals surface area contributed by atoms with Gasteiger partial charge in [0.1, 0.15) is 0 Å². The zero-order valence-electron chi connectivity index (χ0n) is 12.7. The van der Waals surface area contributed by atoms with E-state index in [0.29, 0.717) is 18.8 Å². The molecule has 0 spiro atoms. The van der Waals surface area contributed by atoms with Crippen LogP contribution in [0.25, 0.3) is 0 Å². The van der Waals surface area contributed by atoms with E-state index >= 15 is 0 Å². The molecule has 0 aromatic carbocycles. The van der Waals surface area contributed by atoms with Crippen molar-refractivity contribution in [1.82, 2.24) is 5.32 Å². The number of fused-ring (bicyclic) bond motifs is 1. The van der Waals surface area contributed by atoms with Gasteiger partial charge in [0.15, 0.2) is 5.79 Å². The van der Waals surface area contributed by atoms with Gasteiger partial charge in [-0.1, -0.05) is 13.3 Å². The molecule has 2 rings (SSSR count). The summed E-state index contributed by atoms with van der Waals surface area (Å²) < 4.78 is 11.4. The van der Waals surface area contributed by atoms with E-state index in [2.05, 4.69) is 12.2 Å². The molecule has 1 unspecified atom stereocenters. The second-order valence-corrected chi connectivity index (χ2v) is 6.11. The lowest BCUT2D eigenvalue weighted by Crippen LogP contribution is -2.56. The Morgan fingerprint density at radius 2 is 2.05 bits per heavy atom. The van der Waals surface area contributed by atoms with Gasteiger partial charge in [0, 0.05) is 45.6 Å². The van der Waals surface area contributed by atoms with Gasteiger partial charge in [-0.15, -0.1) is 0 Å². The Labute approximate surface area is 121 Å². The van der Waals surface area contributed by atoms with Crippen molar-refractivity contribution in [2.24, 2.45) is 17.8 Å². The Morgan fingerprint density at radius 3 is 2.60 bits per heavy atom. The van der Waals surface area contributed by atoms with E-state index in [1.165, 1.54) is 0 Å². The first-order valence-corrected chi connectivity index (χ1v) is 7.60. The van der Waals surface area contributed by atoms with E-state index in [-0.39, 0.29) is 30.4 Å². The van der Waals surface area contributed by atoms with Gasteiger partial charge in [-0.25, -0.2) is 0 Å². The molecule has 0 aromatic rings. The number of amides is 1. The number of aliphatic hydroxyl groups excluding tert-OH is 1. The van der Waals surface area contributed by atoms with Crippen LogP contribution in [0.3, 0.4) is 0 Å². The van der Waals surface area contributed by atoms with Crippen LogP contribution in [0.5, 0.6) is 0 Å². The SMILES string of the molecule is CC[C@H]1CC(CO)C[C@@H]2[C@H]1NC(=O)CCC2(OC)OC. The summed E-state index contributed by atoms with van der Waals surface area (Å²) in [4.78, 5) is 12.0. The van der Waals surface area contributed by atoms with E-state index in [1.807, 2.05) is 0 Å². The second kappa shape index (κ2) is 6.41. The molecular formula is C15H27NO4. The summed E-state index contributed by atoms with van der Waals surface area (Å²) in [7, 11) is 3.31. The van der Waals surface area contributed by atoms with Crippen LogP contribution in [0.1, 0.15) is 39.0 Å². The molecule has 1 heterocycles. The maximum atomic E-state index is 12.0. The Hall–Kier alpha value is -0.650. The minimum Gasteiger partial charge on any atom is -0.396 e. The summed E-state index contributed by atoms with van der Waals surface area (Å²) in [5, 5.41) is 12.7. The van der Waals surface area contributed by atoms with E-state index < -0.39 is 5.79 Å². The summed E-state index contributed by atoms with van der Waals surface area (Å²) >= 11 is 0. The number of carbonyl (C=O) groups is 1. The quantitative estimate of drug-likeness (QED) is 0.764. The van der Waals surface area contributed by atoms with Crippen LogP contribution >= 0.6 is 0 Å². The highest BCUT2D eigenvalue weighted by atomic mass is 16.7. The molecule has 1 aliphatic heterocycles. The first kappa shape index (κ1) is 15.7. The largest absolute Gasteiger partial charge is 0.396 e. The molecule has 4 atom stereocenters. The van der Waals surface area contributed by atoms with Crippen LogP contribution in [-0.4, -0.2) is 43.7 Å². The third-order valence-corrected chi connectivity index (χ3v) is 5.23. The van der Waals surface area contributed by atoms with Crippen molar-refractivity contribution < 1.29 is 19.4 Å². The molecule has 2 fully saturated rings. The maximum absolute atomic E-state index is 12.0. The van der Waals surface area contributed by atoms with Gasteiger partial charge in [-0.05, 0) is 24.7 Å². The van der Waals surface area contributed by atoms with E-state index in [4.69, 9.17) is 9.47 Å². The van der Waals surface area contributed by atoms with Crippen LogP contribution in [0.15, 0.2) is 0 Å². The Balaban J connectivity index is 2.34. The molecule has 20 heavy (non-hydrogen) atoms. The van der Waals surface area contributed by atoms with Crippen molar-refractivity contribution in [2.75, 3.05) is 20.8 Å². The van der Waals surface area contributed by atoms with Crippen LogP contribution in [0, 0.1) is 17.8 Å². The van der Waals surface area contributed by atoms with E-state index in [1.54, 1.807) is 14.2 Å². The summed E-state index contributed by atoms with van der Waals surface area (Å²) in [5.41, 5.74) is 0. The summed E-state index contributed by atoms with van der Waals surface area (Å²) in [5.74, 6) is 0.0978. The summed E-state index contributed by atoms with van der Waals surface area (Å²) in [6.07, 6.45) is 3.77. The fourth-order valence-corrected chi connectivity index (χ4v) is 4.07. The van der Waals surface area contributed by atoms with Crippen molar-refractivity contribution in [2.45, 2.75) is 50.9 Å². The molecule has 5 nitrogen and oxygen atoms in total. The zero-order valence-corrected chi connectivity index (χ0v) is 12.7. The number of aliphatic hydroxyl groups is 1. The highest BCUT2D eigenvalue weighted by Crippen LogP contribution is 2.45. The predicted octanol–water partition coefficient (Wildman–Crippen LogP) is 1.30. The van der Waals surface area contributed by atoms with Crippen LogP contribution in [-0.2, 0) is 14.3 Å². The number of hydrogen-bond acceptors (Lipinski definition) is 4. The van der Waals surface area contributed by atoms with Crippen LogP contribution in [0.2, 0.25) is 0 Å². The Kier molecular flexibility index (Phi) is 5.04. The zero-order chi connectivity index (χ0) is 14.8. The Morgan fingerprint density at radius 1 is 1.35 bits per heavy atom. The van der Waals surface area contributed by atoms with Gasteiger partial charge in [0.2, 0.25) is 5.91 Å². The lowest BCUT2D eigenvalue weighted by molar-refractivity contribution is -0.256. The molecule has 1 saturated carbocycles. The average Bonchev–Trinajstić information content (AvgIpc) is 2.63. The molecule has 2 N–H and O–H groups in total. The number of hydrogen-bond donors (Lipinski definition) is 2. The maximum Gasteiger partial charge on any atom is 0.220 e. The molecule has 0 aromatic heterocycles. The number of ether oxygens (including phenoxy) is 2. The molecular weight excluding hydrogens is 258 g/mol. The van der Waals surface area contributed by atoms with Crippen LogP contribution in [0.4, 0.5) is 0 Å². The topological polar surface area (TPSA) is 67.8 Å². The fraction of sp³-hybridized carbons (Fsp3) is 0.933. The lowest BCUT2D eigenvalue weighted by Gasteiger charge is -2.47. The second-order valence-electron chi connectivity index (χ2n) is 6.11. The molecule has 2 aliphatic rings. The van der Waals surface area contributed by atoms with Crippen molar-refractivity contribution >= 4 is 5.91 Å². The molecule has 0 bridgehead atoms. The predicted molar refractivity (Wildman–Crippen MR) is 75.0 cm³/mol. The smallest absolute Gasteiger partial charge is 0.220 e. The minimum absolute atomic E-state index is 0.0804. The number of carbonyl (C=O) groups excluding carboxylic acids is 1. The van der Waals surface area contributed by atoms with Gasteiger partial charge in [0.05, 0.1) is 0 Å². The van der Waals surface area contributed by atoms with Gasteiger partial charge in [0.25, 0.3) is 0 Å². The molecule has 1 saturated heterocycles. The van der Waals surface area contributed by atoms with Crippen LogP contribution < -0.4 is 5.32 Å². The number of rotatable bonds is 4. The molecule has 0 radical (unpaired) electrons. The van der Waals surface area contributed by atoms with Crippen molar-refractivity contribution in [3.63, 3.8) is 0 Å². The minimum atomic E-state index is -0.717. The average molecular weight is 285 g/mol. The molecule has 116 valence electrons. The fourth-order valence-electron chi connectivity index (χ4n) is 4.07. The van der Waals surface area contributed by atoms with Crippen molar-refractivity contribution in [3.8, 4) is 0 Å². The standard InChI is InChI=1S/C15H27NO4/c1-4-11-7-10(9-17)8-12-14(11)16-13(18)5-6-15(12,19-2)20-3/h10-12,14,17H,4-9H2,1-3H3,(H,16,18)/t10?,11-,12+,14-/m0/s1. The van der Waals surface area contributed by atoms with E-state index in [0.717, 1.165) is 19.3 Å². The Bertz CT molecular complexity index is 343. The monoisotopic (exact) mass is 285 g/mol. The first-order chi connectivity index (χ1) is 9.60. The molecule has 5 heteroatoms. The third-order valence-electron chi connectivity index (χ3n) is 5.23. The summed E-state index contributed by atoms with van der Waals surface area (Å²) in [6.45, 7) is 2.33. The normalized spacial score (nSPS) is 36.9. The van der Waals surface area contributed by atoms with Gasteiger partial charge >= 0.3 is 0 Å². The molecule has 1 amide bonds. The van der Waals surface area contributed by atoms with Gasteiger partial charge in [-0.2, -0.15) is 0 Å². The molecule has 1 aliphatic carbocycles. The van der Waals surface area contributed by atoms with Crippen molar-refractivity contribution in [3.05, 3.63) is 0 Å². The lowest BCUT2D eigenvalue weighted by atomic mass is 9.67. The highest BCUT2D eigenvalue weighted by molar-refractivity contribution is 5.76.